The summed E-state index contributed by atoms with van der Waals surface area (Å²) in [6.45, 7) is 0.297. The van der Waals surface area contributed by atoms with Crippen molar-refractivity contribution in [1.29, 1.82) is 0 Å². The summed E-state index contributed by atoms with van der Waals surface area (Å²) in [5.41, 5.74) is 5.93. The van der Waals surface area contributed by atoms with Crippen LogP contribution in [-0.4, -0.2) is 0 Å². The van der Waals surface area contributed by atoms with Gasteiger partial charge in [0.15, 0.2) is 0 Å². The van der Waals surface area contributed by atoms with Crippen LogP contribution in [0.4, 0.5) is 4.39 Å². The van der Waals surface area contributed by atoms with Crippen molar-refractivity contribution in [2.75, 3.05) is 0 Å². The highest BCUT2D eigenvalue weighted by Crippen LogP contribution is 2.12. The lowest BCUT2D eigenvalue weighted by Crippen LogP contribution is -1.96. The Hall–Kier alpha value is -0.600. The van der Waals surface area contributed by atoms with E-state index < -0.39 is 5.82 Å². The van der Waals surface area contributed by atoms with Gasteiger partial charge in [0.25, 0.3) is 0 Å². The molecule has 10 heavy (non-hydrogen) atoms. The van der Waals surface area contributed by atoms with Crippen LogP contribution in [0.3, 0.4) is 0 Å². The van der Waals surface area contributed by atoms with Gasteiger partial charge >= 0.3 is 0 Å². The summed E-state index contributed by atoms with van der Waals surface area (Å²) < 4.78 is 12.4. The quantitative estimate of drug-likeness (QED) is 0.662. The summed E-state index contributed by atoms with van der Waals surface area (Å²) in [6.07, 6.45) is 0. The van der Waals surface area contributed by atoms with Gasteiger partial charge in [0.1, 0.15) is 5.82 Å². The smallest absolute Gasteiger partial charge is 0.133 e. The zero-order valence-corrected chi connectivity index (χ0v) is 5.95. The molecule has 1 aromatic rings. The molecule has 0 atom stereocenters. The number of halogens is 2. The molecule has 0 amide bonds. The maximum atomic E-state index is 12.4. The van der Waals surface area contributed by atoms with E-state index in [2.05, 4.69) is 6.07 Å². The lowest BCUT2D eigenvalue weighted by molar-refractivity contribution is 0.623. The first-order valence-electron chi connectivity index (χ1n) is 2.79. The standard InChI is InChI=1S/C7H6ClFN/c8-6-1-5(4-10)2-7(9)3-6/h1-2H,4,10H2. The van der Waals surface area contributed by atoms with Crippen LogP contribution in [0.2, 0.25) is 5.02 Å². The lowest BCUT2D eigenvalue weighted by atomic mass is 10.2. The lowest BCUT2D eigenvalue weighted by Gasteiger charge is -1.95. The summed E-state index contributed by atoms with van der Waals surface area (Å²) in [6, 6.07) is 5.19. The summed E-state index contributed by atoms with van der Waals surface area (Å²) in [5, 5.41) is 0.264. The van der Waals surface area contributed by atoms with Gasteiger partial charge in [-0.15, -0.1) is 0 Å². The van der Waals surface area contributed by atoms with Crippen LogP contribution in [0.5, 0.6) is 0 Å². The van der Waals surface area contributed by atoms with E-state index in [0.717, 1.165) is 0 Å². The van der Waals surface area contributed by atoms with Crippen molar-refractivity contribution in [3.63, 3.8) is 0 Å². The fourth-order valence-electron chi connectivity index (χ4n) is 0.671. The number of benzene rings is 1. The Labute approximate surface area is 63.6 Å². The van der Waals surface area contributed by atoms with Crippen molar-refractivity contribution in [1.82, 2.24) is 0 Å². The van der Waals surface area contributed by atoms with E-state index >= 15 is 0 Å². The van der Waals surface area contributed by atoms with Gasteiger partial charge in [0.05, 0.1) is 5.02 Å². The van der Waals surface area contributed by atoms with Gasteiger partial charge < -0.3 is 5.73 Å². The average Bonchev–Trinajstić information content (AvgIpc) is 1.85. The average molecular weight is 159 g/mol. The van der Waals surface area contributed by atoms with Crippen LogP contribution in [0.15, 0.2) is 12.1 Å². The third-order valence-corrected chi connectivity index (χ3v) is 1.30. The van der Waals surface area contributed by atoms with E-state index in [1.807, 2.05) is 0 Å². The Morgan fingerprint density at radius 3 is 2.80 bits per heavy atom. The van der Waals surface area contributed by atoms with Gasteiger partial charge in [0, 0.05) is 12.6 Å². The maximum absolute atomic E-state index is 12.4. The van der Waals surface area contributed by atoms with Crippen molar-refractivity contribution < 1.29 is 4.39 Å². The van der Waals surface area contributed by atoms with Gasteiger partial charge in [-0.2, -0.15) is 0 Å². The zero-order valence-electron chi connectivity index (χ0n) is 5.20. The highest BCUT2D eigenvalue weighted by molar-refractivity contribution is 6.30. The molecule has 0 bridgehead atoms. The van der Waals surface area contributed by atoms with Crippen molar-refractivity contribution in [2.45, 2.75) is 6.54 Å². The molecule has 0 aliphatic rings. The minimum atomic E-state index is -0.465. The molecule has 0 unspecified atom stereocenters. The molecular formula is C7H6ClFN. The molecule has 0 aliphatic heterocycles. The van der Waals surface area contributed by atoms with Gasteiger partial charge in [0.2, 0.25) is 0 Å². The first-order chi connectivity index (χ1) is 4.72. The summed E-state index contributed by atoms with van der Waals surface area (Å²) >= 11 is 5.48. The van der Waals surface area contributed by atoms with E-state index in [1.165, 1.54) is 6.07 Å². The first kappa shape index (κ1) is 7.51. The molecule has 53 valence electrons. The monoisotopic (exact) mass is 158 g/mol. The third kappa shape index (κ3) is 1.69. The van der Waals surface area contributed by atoms with Crippen molar-refractivity contribution >= 4 is 11.6 Å². The van der Waals surface area contributed by atoms with Crippen LogP contribution in [-0.2, 0) is 6.54 Å². The van der Waals surface area contributed by atoms with Crippen molar-refractivity contribution in [3.05, 3.63) is 34.6 Å². The largest absolute Gasteiger partial charge is 0.326 e. The molecule has 1 nitrogen and oxygen atoms in total. The molecule has 0 fully saturated rings. The van der Waals surface area contributed by atoms with Crippen LogP contribution >= 0.6 is 11.6 Å². The van der Waals surface area contributed by atoms with Crippen LogP contribution in [0, 0.1) is 11.9 Å². The van der Waals surface area contributed by atoms with E-state index in [-0.39, 0.29) is 5.02 Å². The summed E-state index contributed by atoms with van der Waals surface area (Å²) in [4.78, 5) is 0. The fraction of sp³-hybridized carbons (Fsp3) is 0.143. The van der Waals surface area contributed by atoms with E-state index in [9.17, 15) is 4.39 Å². The number of rotatable bonds is 1. The molecule has 0 aliphatic carbocycles. The highest BCUT2D eigenvalue weighted by Gasteiger charge is 1.96. The van der Waals surface area contributed by atoms with Gasteiger partial charge in [-0.3, -0.25) is 0 Å². The number of nitrogens with two attached hydrogens (primary N) is 1. The Morgan fingerprint density at radius 2 is 2.30 bits per heavy atom. The second kappa shape index (κ2) is 2.99. The topological polar surface area (TPSA) is 26.0 Å². The van der Waals surface area contributed by atoms with Gasteiger partial charge in [-0.25, -0.2) is 4.39 Å². The van der Waals surface area contributed by atoms with Crippen molar-refractivity contribution in [3.8, 4) is 0 Å². The Kier molecular flexibility index (Phi) is 2.25. The van der Waals surface area contributed by atoms with Crippen molar-refractivity contribution in [2.24, 2.45) is 5.73 Å². The molecule has 0 saturated heterocycles. The molecule has 2 N–H and O–H groups in total. The molecular weight excluding hydrogens is 153 g/mol. The second-order valence-corrected chi connectivity index (χ2v) is 2.30. The molecule has 1 rings (SSSR count). The Bertz CT molecular complexity index is 217. The van der Waals surface area contributed by atoms with E-state index in [4.69, 9.17) is 17.3 Å². The minimum Gasteiger partial charge on any atom is -0.326 e. The van der Waals surface area contributed by atoms with Gasteiger partial charge in [-0.1, -0.05) is 11.6 Å². The number of hydrogen-bond donors (Lipinski definition) is 1. The normalized spacial score (nSPS) is 9.90. The first-order valence-corrected chi connectivity index (χ1v) is 3.17. The van der Waals surface area contributed by atoms with Gasteiger partial charge in [-0.05, 0) is 17.7 Å². The molecule has 0 aromatic heterocycles. The molecule has 0 spiro atoms. The summed E-state index contributed by atoms with van der Waals surface area (Å²) in [7, 11) is 0. The van der Waals surface area contributed by atoms with Crippen LogP contribution in [0.25, 0.3) is 0 Å². The molecule has 0 saturated carbocycles. The Morgan fingerprint density at radius 1 is 1.60 bits per heavy atom. The predicted octanol–water partition coefficient (Wildman–Crippen LogP) is 1.74. The van der Waals surface area contributed by atoms with Crippen LogP contribution < -0.4 is 5.73 Å². The fourth-order valence-corrected chi connectivity index (χ4v) is 0.902. The zero-order chi connectivity index (χ0) is 7.56. The highest BCUT2D eigenvalue weighted by atomic mass is 35.5. The predicted molar refractivity (Wildman–Crippen MR) is 38.1 cm³/mol. The molecule has 1 radical (unpaired) electrons. The van der Waals surface area contributed by atoms with E-state index in [1.54, 1.807) is 6.07 Å². The Balaban J connectivity index is 3.06. The molecule has 1 aromatic carbocycles. The summed E-state index contributed by atoms with van der Waals surface area (Å²) in [5.74, 6) is -0.465. The molecule has 3 heteroatoms. The SMILES string of the molecule is NCc1cc(F)[c]c(Cl)c1. The third-order valence-electron chi connectivity index (χ3n) is 1.10. The molecule has 0 heterocycles. The second-order valence-electron chi connectivity index (χ2n) is 1.89. The number of hydrogen-bond acceptors (Lipinski definition) is 1. The minimum absolute atomic E-state index is 0.264. The maximum Gasteiger partial charge on any atom is 0.133 e. The van der Waals surface area contributed by atoms with E-state index in [0.29, 0.717) is 12.1 Å². The van der Waals surface area contributed by atoms with Crippen LogP contribution in [0.1, 0.15) is 5.56 Å².